The van der Waals surface area contributed by atoms with Crippen LogP contribution in [0.1, 0.15) is 46.5 Å². The van der Waals surface area contributed by atoms with Gasteiger partial charge in [0, 0.05) is 25.2 Å². The van der Waals surface area contributed by atoms with Crippen LogP contribution in [0, 0.1) is 11.3 Å². The summed E-state index contributed by atoms with van der Waals surface area (Å²) < 4.78 is 1.80. The summed E-state index contributed by atoms with van der Waals surface area (Å²) in [4.78, 5) is 16.0. The molecule has 0 aromatic carbocycles. The van der Waals surface area contributed by atoms with Gasteiger partial charge in [-0.25, -0.2) is 4.98 Å². The smallest absolute Gasteiger partial charge is 0.253 e. The van der Waals surface area contributed by atoms with Crippen LogP contribution in [0.4, 0.5) is 0 Å². The van der Waals surface area contributed by atoms with Crippen LogP contribution in [-0.4, -0.2) is 36.8 Å². The zero-order valence-electron chi connectivity index (χ0n) is 12.6. The Kier molecular flexibility index (Phi) is 4.04. The number of nitrogens with one attached hydrogen (secondary N) is 1. The van der Waals surface area contributed by atoms with E-state index in [2.05, 4.69) is 20.5 Å². The molecule has 0 radical (unpaired) electrons. The Labute approximate surface area is 132 Å². The predicted molar refractivity (Wildman–Crippen MR) is 79.1 cm³/mol. The summed E-state index contributed by atoms with van der Waals surface area (Å²) in [6.07, 6.45) is 2.97. The lowest BCUT2D eigenvalue weighted by molar-refractivity contribution is 0.0906. The second kappa shape index (κ2) is 6.14. The van der Waals surface area contributed by atoms with Crippen LogP contribution < -0.4 is 5.32 Å². The second-order valence-electron chi connectivity index (χ2n) is 5.57. The van der Waals surface area contributed by atoms with Crippen LogP contribution in [0.2, 0.25) is 0 Å². The quantitative estimate of drug-likeness (QED) is 0.836. The molecular weight excluding hydrogens is 296 g/mol. The Bertz CT molecular complexity index is 755. The van der Waals surface area contributed by atoms with Crippen molar-refractivity contribution in [2.24, 2.45) is 7.05 Å². The van der Waals surface area contributed by atoms with E-state index in [9.17, 15) is 4.79 Å². The van der Waals surface area contributed by atoms with Gasteiger partial charge in [-0.2, -0.15) is 5.26 Å². The van der Waals surface area contributed by atoms with Crippen molar-refractivity contribution < 1.29 is 9.90 Å². The van der Waals surface area contributed by atoms with Gasteiger partial charge in [0.15, 0.2) is 5.82 Å². The molecule has 0 bridgehead atoms. The second-order valence-corrected chi connectivity index (χ2v) is 5.57. The van der Waals surface area contributed by atoms with E-state index in [0.717, 1.165) is 18.7 Å². The maximum atomic E-state index is 12.1. The standard InChI is InChI=1S/C15H16N6O2/c1-21-13(8-22)19-20-14(21)10-4-12(5-10)18-15(23)9-2-3-11(6-16)17-7-9/h2-3,7,10,12,22H,4-5,8H2,1H3,(H,18,23). The van der Waals surface area contributed by atoms with Crippen LogP contribution >= 0.6 is 0 Å². The summed E-state index contributed by atoms with van der Waals surface area (Å²) in [7, 11) is 1.83. The molecule has 2 N–H and O–H groups in total. The highest BCUT2D eigenvalue weighted by molar-refractivity contribution is 5.94. The first kappa shape index (κ1) is 15.1. The highest BCUT2D eigenvalue weighted by atomic mass is 16.3. The summed E-state index contributed by atoms with van der Waals surface area (Å²) in [5.41, 5.74) is 0.723. The number of nitrogens with zero attached hydrogens (tertiary/aromatic N) is 5. The number of carbonyl (C=O) groups excluding carboxylic acids is 1. The van der Waals surface area contributed by atoms with Gasteiger partial charge in [0.2, 0.25) is 0 Å². The lowest BCUT2D eigenvalue weighted by Crippen LogP contribution is -2.44. The first-order valence-corrected chi connectivity index (χ1v) is 7.28. The molecule has 118 valence electrons. The maximum absolute atomic E-state index is 12.1. The van der Waals surface area contributed by atoms with Crippen molar-refractivity contribution >= 4 is 5.91 Å². The number of hydrogen-bond acceptors (Lipinski definition) is 6. The average molecular weight is 312 g/mol. The fraction of sp³-hybridized carbons (Fsp3) is 0.400. The van der Waals surface area contributed by atoms with Gasteiger partial charge in [-0.05, 0) is 25.0 Å². The molecule has 8 heteroatoms. The highest BCUT2D eigenvalue weighted by Gasteiger charge is 2.34. The number of pyridine rings is 1. The Morgan fingerprint density at radius 2 is 2.26 bits per heavy atom. The molecule has 0 unspecified atom stereocenters. The minimum absolute atomic E-state index is 0.0809. The van der Waals surface area contributed by atoms with Crippen molar-refractivity contribution in [1.82, 2.24) is 25.1 Å². The maximum Gasteiger partial charge on any atom is 0.253 e. The van der Waals surface area contributed by atoms with Crippen LogP contribution in [0.5, 0.6) is 0 Å². The number of aromatic nitrogens is 4. The van der Waals surface area contributed by atoms with Crippen LogP contribution in [0.25, 0.3) is 0 Å². The van der Waals surface area contributed by atoms with E-state index in [1.807, 2.05) is 13.1 Å². The van der Waals surface area contributed by atoms with Crippen LogP contribution in [0.3, 0.4) is 0 Å². The fourth-order valence-corrected chi connectivity index (χ4v) is 2.68. The van der Waals surface area contributed by atoms with Crippen molar-refractivity contribution in [3.8, 4) is 6.07 Å². The first-order chi connectivity index (χ1) is 11.1. The molecule has 2 aromatic rings. The Balaban J connectivity index is 1.56. The van der Waals surface area contributed by atoms with Crippen molar-refractivity contribution in [1.29, 1.82) is 5.26 Å². The molecule has 2 heterocycles. The molecule has 0 saturated heterocycles. The van der Waals surface area contributed by atoms with Gasteiger partial charge in [-0.1, -0.05) is 0 Å². The minimum atomic E-state index is -0.195. The zero-order chi connectivity index (χ0) is 16.4. The molecule has 23 heavy (non-hydrogen) atoms. The van der Waals surface area contributed by atoms with Gasteiger partial charge in [-0.15, -0.1) is 10.2 Å². The molecule has 1 aliphatic carbocycles. The molecule has 2 aromatic heterocycles. The average Bonchev–Trinajstić information content (AvgIpc) is 2.90. The van der Waals surface area contributed by atoms with Gasteiger partial charge < -0.3 is 15.0 Å². The molecule has 1 amide bonds. The van der Waals surface area contributed by atoms with Crippen molar-refractivity contribution in [2.45, 2.75) is 31.4 Å². The number of aliphatic hydroxyl groups is 1. The lowest BCUT2D eigenvalue weighted by atomic mass is 9.79. The van der Waals surface area contributed by atoms with E-state index in [-0.39, 0.29) is 30.2 Å². The summed E-state index contributed by atoms with van der Waals surface area (Å²) in [5, 5.41) is 28.8. The summed E-state index contributed by atoms with van der Waals surface area (Å²) in [5.74, 6) is 1.41. The molecule has 8 nitrogen and oxygen atoms in total. The van der Waals surface area contributed by atoms with Gasteiger partial charge in [0.25, 0.3) is 5.91 Å². The van der Waals surface area contributed by atoms with E-state index in [1.54, 1.807) is 10.6 Å². The third kappa shape index (κ3) is 2.91. The summed E-state index contributed by atoms with van der Waals surface area (Å²) in [6.45, 7) is -0.137. The molecule has 1 aliphatic rings. The number of amides is 1. The summed E-state index contributed by atoms with van der Waals surface area (Å²) in [6, 6.07) is 5.11. The highest BCUT2D eigenvalue weighted by Crippen LogP contribution is 2.35. The van der Waals surface area contributed by atoms with Gasteiger partial charge in [0.1, 0.15) is 24.2 Å². The summed E-state index contributed by atoms with van der Waals surface area (Å²) >= 11 is 0. The third-order valence-electron chi connectivity index (χ3n) is 4.12. The van der Waals surface area contributed by atoms with Gasteiger partial charge in [-0.3, -0.25) is 4.79 Å². The molecule has 1 saturated carbocycles. The molecule has 0 spiro atoms. The predicted octanol–water partition coefficient (Wildman–Crippen LogP) is 0.250. The van der Waals surface area contributed by atoms with Crippen molar-refractivity contribution in [3.63, 3.8) is 0 Å². The Hall–Kier alpha value is -2.79. The van der Waals surface area contributed by atoms with E-state index in [0.29, 0.717) is 11.4 Å². The van der Waals surface area contributed by atoms with Gasteiger partial charge in [0.05, 0.1) is 5.56 Å². The SMILES string of the molecule is Cn1c(CO)nnc1C1CC(NC(=O)c2ccc(C#N)nc2)C1. The number of carbonyl (C=O) groups is 1. The number of nitriles is 1. The van der Waals surface area contributed by atoms with Gasteiger partial charge >= 0.3 is 0 Å². The lowest BCUT2D eigenvalue weighted by Gasteiger charge is -2.35. The zero-order valence-corrected chi connectivity index (χ0v) is 12.6. The first-order valence-electron chi connectivity index (χ1n) is 7.28. The normalized spacial score (nSPS) is 19.7. The fourth-order valence-electron chi connectivity index (χ4n) is 2.68. The third-order valence-corrected chi connectivity index (χ3v) is 4.12. The number of rotatable bonds is 4. The van der Waals surface area contributed by atoms with Crippen LogP contribution in [-0.2, 0) is 13.7 Å². The monoisotopic (exact) mass is 312 g/mol. The largest absolute Gasteiger partial charge is 0.388 e. The van der Waals surface area contributed by atoms with Crippen molar-refractivity contribution in [3.05, 3.63) is 41.2 Å². The molecule has 1 fully saturated rings. The molecule has 3 rings (SSSR count). The minimum Gasteiger partial charge on any atom is -0.388 e. The van der Waals surface area contributed by atoms with E-state index >= 15 is 0 Å². The van der Waals surface area contributed by atoms with E-state index in [1.165, 1.54) is 12.3 Å². The Morgan fingerprint density at radius 1 is 1.48 bits per heavy atom. The van der Waals surface area contributed by atoms with Crippen molar-refractivity contribution in [2.75, 3.05) is 0 Å². The molecular formula is C15H16N6O2. The van der Waals surface area contributed by atoms with Crippen LogP contribution in [0.15, 0.2) is 18.3 Å². The number of aliphatic hydroxyl groups excluding tert-OH is 1. The Morgan fingerprint density at radius 3 is 2.83 bits per heavy atom. The topological polar surface area (TPSA) is 117 Å². The molecule has 0 aliphatic heterocycles. The van der Waals surface area contributed by atoms with E-state index in [4.69, 9.17) is 10.4 Å². The van der Waals surface area contributed by atoms with E-state index < -0.39 is 0 Å². The number of hydrogen-bond donors (Lipinski definition) is 2. The molecule has 0 atom stereocenters.